The second-order valence-electron chi connectivity index (χ2n) is 6.04. The van der Waals surface area contributed by atoms with Gasteiger partial charge in [0, 0.05) is 32.0 Å². The van der Waals surface area contributed by atoms with Gasteiger partial charge >= 0.3 is 6.03 Å². The van der Waals surface area contributed by atoms with E-state index in [1.807, 2.05) is 24.4 Å². The van der Waals surface area contributed by atoms with Crippen LogP contribution in [0.3, 0.4) is 0 Å². The fourth-order valence-electron chi connectivity index (χ4n) is 2.81. The van der Waals surface area contributed by atoms with Crippen LogP contribution < -0.4 is 15.5 Å². The monoisotopic (exact) mass is 328 g/mol. The molecule has 2 aromatic rings. The normalized spacial score (nSPS) is 14.9. The largest absolute Gasteiger partial charge is 0.357 e. The summed E-state index contributed by atoms with van der Waals surface area (Å²) in [6, 6.07) is 5.69. The van der Waals surface area contributed by atoms with Gasteiger partial charge in [-0.2, -0.15) is 5.10 Å². The molecule has 0 saturated carbocycles. The first kappa shape index (κ1) is 16.3. The van der Waals surface area contributed by atoms with Crippen LogP contribution in [-0.4, -0.2) is 34.3 Å². The molecule has 1 saturated heterocycles. The Hall–Kier alpha value is -2.57. The maximum atomic E-state index is 11.8. The quantitative estimate of drug-likeness (QED) is 0.785. The summed E-state index contributed by atoms with van der Waals surface area (Å²) < 4.78 is 0. The lowest BCUT2D eigenvalue weighted by Crippen LogP contribution is -2.34. The number of carbonyl (C=O) groups is 1. The van der Waals surface area contributed by atoms with Gasteiger partial charge in [-0.3, -0.25) is 5.10 Å². The zero-order valence-electron chi connectivity index (χ0n) is 13.8. The minimum Gasteiger partial charge on any atom is -0.357 e. The summed E-state index contributed by atoms with van der Waals surface area (Å²) in [5.74, 6) is 1.03. The maximum Gasteiger partial charge on any atom is 0.315 e. The first-order valence-corrected chi connectivity index (χ1v) is 8.51. The second kappa shape index (κ2) is 8.33. The van der Waals surface area contributed by atoms with E-state index >= 15 is 0 Å². The van der Waals surface area contributed by atoms with Crippen molar-refractivity contribution < 1.29 is 4.79 Å². The summed E-state index contributed by atoms with van der Waals surface area (Å²) in [7, 11) is 0. The predicted octanol–water partition coefficient (Wildman–Crippen LogP) is 2.18. The minimum absolute atomic E-state index is 0.207. The number of H-pyrrole nitrogens is 1. The molecule has 2 amide bonds. The van der Waals surface area contributed by atoms with Gasteiger partial charge in [0.25, 0.3) is 0 Å². The first-order valence-electron chi connectivity index (χ1n) is 8.51. The zero-order chi connectivity index (χ0) is 16.6. The summed E-state index contributed by atoms with van der Waals surface area (Å²) in [6.07, 6.45) is 8.60. The maximum absolute atomic E-state index is 11.8. The third kappa shape index (κ3) is 4.71. The number of aromatic nitrogens is 3. The number of pyridine rings is 1. The van der Waals surface area contributed by atoms with Gasteiger partial charge in [-0.05, 0) is 30.5 Å². The van der Waals surface area contributed by atoms with Crippen molar-refractivity contribution in [2.24, 2.45) is 0 Å². The summed E-state index contributed by atoms with van der Waals surface area (Å²) in [5, 5.41) is 12.2. The summed E-state index contributed by atoms with van der Waals surface area (Å²) in [6.45, 7) is 3.06. The van der Waals surface area contributed by atoms with Gasteiger partial charge in [0.15, 0.2) is 0 Å². The molecule has 3 rings (SSSR count). The van der Waals surface area contributed by atoms with Crippen LogP contribution in [0.15, 0.2) is 30.6 Å². The topological polar surface area (TPSA) is 85.9 Å². The number of hydrogen-bond donors (Lipinski definition) is 3. The number of carbonyl (C=O) groups excluding carboxylic acids is 1. The van der Waals surface area contributed by atoms with Crippen LogP contribution in [0.4, 0.5) is 10.6 Å². The highest BCUT2D eigenvalue weighted by Gasteiger charge is 2.10. The van der Waals surface area contributed by atoms with Crippen molar-refractivity contribution in [3.8, 4) is 0 Å². The van der Waals surface area contributed by atoms with Crippen LogP contribution >= 0.6 is 0 Å². The molecule has 0 aromatic carbocycles. The van der Waals surface area contributed by atoms with Crippen LogP contribution in [0.25, 0.3) is 0 Å². The van der Waals surface area contributed by atoms with Gasteiger partial charge in [0.2, 0.25) is 0 Å². The van der Waals surface area contributed by atoms with E-state index in [0.29, 0.717) is 13.1 Å². The second-order valence-corrected chi connectivity index (χ2v) is 6.04. The van der Waals surface area contributed by atoms with Crippen LogP contribution in [0.1, 0.15) is 36.9 Å². The van der Waals surface area contributed by atoms with Crippen LogP contribution in [-0.2, 0) is 13.1 Å². The highest BCUT2D eigenvalue weighted by molar-refractivity contribution is 5.73. The molecule has 24 heavy (non-hydrogen) atoms. The number of nitrogens with one attached hydrogen (secondary N) is 3. The molecule has 3 N–H and O–H groups in total. The molecular formula is C17H24N6O. The molecule has 0 atom stereocenters. The van der Waals surface area contributed by atoms with Crippen molar-refractivity contribution in [3.05, 3.63) is 41.9 Å². The van der Waals surface area contributed by atoms with Crippen LogP contribution in [0.5, 0.6) is 0 Å². The van der Waals surface area contributed by atoms with Crippen molar-refractivity contribution in [1.82, 2.24) is 25.8 Å². The number of aromatic amines is 1. The molecule has 128 valence electrons. The first-order chi connectivity index (χ1) is 11.8. The lowest BCUT2D eigenvalue weighted by molar-refractivity contribution is 0.240. The van der Waals surface area contributed by atoms with E-state index in [4.69, 9.17) is 0 Å². The Kier molecular flexibility index (Phi) is 5.65. The lowest BCUT2D eigenvalue weighted by atomic mass is 10.2. The fourth-order valence-corrected chi connectivity index (χ4v) is 2.81. The van der Waals surface area contributed by atoms with Gasteiger partial charge in [-0.15, -0.1) is 0 Å². The van der Waals surface area contributed by atoms with E-state index < -0.39 is 0 Å². The van der Waals surface area contributed by atoms with Crippen molar-refractivity contribution in [1.29, 1.82) is 0 Å². The number of nitrogens with zero attached hydrogens (tertiary/aromatic N) is 3. The third-order valence-corrected chi connectivity index (χ3v) is 4.19. The zero-order valence-corrected chi connectivity index (χ0v) is 13.8. The van der Waals surface area contributed by atoms with Crippen molar-refractivity contribution >= 4 is 11.8 Å². The summed E-state index contributed by atoms with van der Waals surface area (Å²) in [4.78, 5) is 18.7. The van der Waals surface area contributed by atoms with Crippen LogP contribution in [0, 0.1) is 0 Å². The smallest absolute Gasteiger partial charge is 0.315 e. The Balaban J connectivity index is 1.44. The Morgan fingerprint density at radius 2 is 1.88 bits per heavy atom. The highest BCUT2D eigenvalue weighted by atomic mass is 16.2. The van der Waals surface area contributed by atoms with Crippen molar-refractivity contribution in [2.75, 3.05) is 18.0 Å². The van der Waals surface area contributed by atoms with E-state index in [0.717, 1.165) is 30.2 Å². The SMILES string of the molecule is O=C(NCc1ccc(N2CCCCCC2)nc1)NCc1ccn[nH]1. The van der Waals surface area contributed by atoms with E-state index in [-0.39, 0.29) is 6.03 Å². The third-order valence-electron chi connectivity index (χ3n) is 4.19. The molecule has 7 heteroatoms. The molecule has 1 fully saturated rings. The molecule has 3 heterocycles. The highest BCUT2D eigenvalue weighted by Crippen LogP contribution is 2.17. The Morgan fingerprint density at radius 3 is 2.54 bits per heavy atom. The van der Waals surface area contributed by atoms with E-state index in [1.165, 1.54) is 25.7 Å². The Labute approximate surface area is 141 Å². The van der Waals surface area contributed by atoms with Crippen molar-refractivity contribution in [3.63, 3.8) is 0 Å². The number of hydrogen-bond acceptors (Lipinski definition) is 4. The molecule has 0 aliphatic carbocycles. The van der Waals surface area contributed by atoms with Gasteiger partial charge in [-0.1, -0.05) is 18.9 Å². The van der Waals surface area contributed by atoms with E-state index in [2.05, 4.69) is 30.7 Å². The average molecular weight is 328 g/mol. The molecule has 1 aliphatic rings. The van der Waals surface area contributed by atoms with Crippen LogP contribution in [0.2, 0.25) is 0 Å². The van der Waals surface area contributed by atoms with Gasteiger partial charge in [0.05, 0.1) is 12.2 Å². The fraction of sp³-hybridized carbons (Fsp3) is 0.471. The Bertz CT molecular complexity index is 617. The molecule has 0 unspecified atom stereocenters. The molecule has 7 nitrogen and oxygen atoms in total. The molecular weight excluding hydrogens is 304 g/mol. The Morgan fingerprint density at radius 1 is 1.08 bits per heavy atom. The number of urea groups is 1. The summed E-state index contributed by atoms with van der Waals surface area (Å²) in [5.41, 5.74) is 1.86. The van der Waals surface area contributed by atoms with Gasteiger partial charge < -0.3 is 15.5 Å². The molecule has 0 radical (unpaired) electrons. The molecule has 1 aliphatic heterocycles. The number of amides is 2. The minimum atomic E-state index is -0.207. The lowest BCUT2D eigenvalue weighted by Gasteiger charge is -2.21. The molecule has 0 bridgehead atoms. The van der Waals surface area contributed by atoms with Gasteiger partial charge in [-0.25, -0.2) is 9.78 Å². The molecule has 2 aromatic heterocycles. The average Bonchev–Trinajstić information content (AvgIpc) is 2.99. The van der Waals surface area contributed by atoms with Gasteiger partial charge in [0.1, 0.15) is 5.82 Å². The van der Waals surface area contributed by atoms with Crippen molar-refractivity contribution in [2.45, 2.75) is 38.8 Å². The van der Waals surface area contributed by atoms with E-state index in [1.54, 1.807) is 6.20 Å². The number of anilines is 1. The predicted molar refractivity (Wildman–Crippen MR) is 92.6 cm³/mol. The number of rotatable bonds is 5. The molecule has 0 spiro atoms. The summed E-state index contributed by atoms with van der Waals surface area (Å²) >= 11 is 0. The standard InChI is InChI=1S/C17H24N6O/c24-17(20-13-15-7-8-21-22-15)19-12-14-5-6-16(18-11-14)23-9-3-1-2-4-10-23/h5-8,11H,1-4,9-10,12-13H2,(H,21,22)(H2,19,20,24). The van der Waals surface area contributed by atoms with E-state index in [9.17, 15) is 4.79 Å².